The first-order valence-electron chi connectivity index (χ1n) is 6.05. The van der Waals surface area contributed by atoms with E-state index in [0.717, 1.165) is 22.0 Å². The van der Waals surface area contributed by atoms with E-state index in [1.165, 1.54) is 0 Å². The van der Waals surface area contributed by atoms with Crippen molar-refractivity contribution in [1.29, 1.82) is 0 Å². The number of carbonyl (C=O) groups excluding carboxylic acids is 1. The van der Waals surface area contributed by atoms with Crippen LogP contribution in [0.1, 0.15) is 13.8 Å². The topological polar surface area (TPSA) is 42.0 Å². The van der Waals surface area contributed by atoms with Crippen LogP contribution >= 0.6 is 0 Å². The Labute approximate surface area is 112 Å². The number of rotatable bonds is 3. The first-order valence-corrected chi connectivity index (χ1v) is 6.05. The molecular formula is C16H16N2O. The molecule has 0 bridgehead atoms. The molecule has 0 fully saturated rings. The smallest absolute Gasteiger partial charge is 0.251 e. The van der Waals surface area contributed by atoms with Gasteiger partial charge in [0.1, 0.15) is 0 Å². The van der Waals surface area contributed by atoms with E-state index < -0.39 is 0 Å². The van der Waals surface area contributed by atoms with E-state index in [2.05, 4.69) is 16.9 Å². The molecule has 0 radical (unpaired) electrons. The highest BCUT2D eigenvalue weighted by Crippen LogP contribution is 2.18. The van der Waals surface area contributed by atoms with Gasteiger partial charge in [-0.1, -0.05) is 24.3 Å². The summed E-state index contributed by atoms with van der Waals surface area (Å²) >= 11 is 0. The zero-order valence-electron chi connectivity index (χ0n) is 11.1. The third-order valence-corrected chi connectivity index (χ3v) is 2.72. The van der Waals surface area contributed by atoms with Gasteiger partial charge < -0.3 is 5.32 Å². The number of fused-ring (bicyclic) bond motifs is 1. The summed E-state index contributed by atoms with van der Waals surface area (Å²) in [6.45, 7) is 7.39. The van der Waals surface area contributed by atoms with Crippen LogP contribution in [0.25, 0.3) is 10.8 Å². The predicted molar refractivity (Wildman–Crippen MR) is 78.9 cm³/mol. The third-order valence-electron chi connectivity index (χ3n) is 2.72. The predicted octanol–water partition coefficient (Wildman–Crippen LogP) is 3.70. The van der Waals surface area contributed by atoms with Gasteiger partial charge in [-0.15, -0.1) is 0 Å². The van der Waals surface area contributed by atoms with Crippen LogP contribution in [-0.4, -0.2) is 10.9 Å². The number of hydrogen-bond acceptors (Lipinski definition) is 2. The number of carbonyl (C=O) groups is 1. The van der Waals surface area contributed by atoms with Crippen molar-refractivity contribution in [1.82, 2.24) is 4.98 Å². The Kier molecular flexibility index (Phi) is 3.76. The number of aromatic nitrogens is 1. The number of anilines is 1. The molecule has 1 aromatic carbocycles. The molecule has 1 N–H and O–H groups in total. The van der Waals surface area contributed by atoms with Crippen LogP contribution in [0.2, 0.25) is 0 Å². The minimum absolute atomic E-state index is 0.119. The lowest BCUT2D eigenvalue weighted by Gasteiger charge is -2.06. The van der Waals surface area contributed by atoms with Gasteiger partial charge in [-0.25, -0.2) is 0 Å². The molecule has 0 aliphatic carbocycles. The van der Waals surface area contributed by atoms with Crippen molar-refractivity contribution in [3.63, 3.8) is 0 Å². The molecule has 0 saturated carbocycles. The molecule has 0 aliphatic heterocycles. The molecule has 1 aromatic heterocycles. The monoisotopic (exact) mass is 252 g/mol. The average Bonchev–Trinajstić information content (AvgIpc) is 2.37. The number of amides is 1. The van der Waals surface area contributed by atoms with E-state index in [9.17, 15) is 4.79 Å². The summed E-state index contributed by atoms with van der Waals surface area (Å²) in [6.07, 6.45) is 5.29. The highest BCUT2D eigenvalue weighted by molar-refractivity contribution is 6.04. The molecule has 3 nitrogen and oxygen atoms in total. The first-order chi connectivity index (χ1) is 9.06. The minimum atomic E-state index is -0.119. The number of nitrogens with one attached hydrogen (secondary N) is 1. The van der Waals surface area contributed by atoms with Crippen LogP contribution < -0.4 is 5.32 Å². The van der Waals surface area contributed by atoms with Crippen molar-refractivity contribution in [2.75, 3.05) is 5.32 Å². The molecule has 96 valence electrons. The number of allylic oxidation sites excluding steroid dienone is 2. The van der Waals surface area contributed by atoms with Gasteiger partial charge in [0.2, 0.25) is 0 Å². The molecule has 3 heteroatoms. The van der Waals surface area contributed by atoms with Crippen molar-refractivity contribution in [3.8, 4) is 0 Å². The number of hydrogen-bond donors (Lipinski definition) is 1. The quantitative estimate of drug-likeness (QED) is 0.668. The largest absolute Gasteiger partial charge is 0.322 e. The van der Waals surface area contributed by atoms with Crippen molar-refractivity contribution in [2.45, 2.75) is 13.8 Å². The van der Waals surface area contributed by atoms with Gasteiger partial charge in [0.25, 0.3) is 5.91 Å². The van der Waals surface area contributed by atoms with Crippen LogP contribution in [0.3, 0.4) is 0 Å². The fourth-order valence-electron chi connectivity index (χ4n) is 1.83. The Balaban J connectivity index is 2.22. The van der Waals surface area contributed by atoms with Gasteiger partial charge in [-0.3, -0.25) is 9.78 Å². The molecule has 0 aliphatic rings. The number of nitrogens with zero attached hydrogens (tertiary/aromatic N) is 1. The normalized spacial score (nSPS) is 11.4. The van der Waals surface area contributed by atoms with Gasteiger partial charge in [0.15, 0.2) is 0 Å². The van der Waals surface area contributed by atoms with E-state index in [-0.39, 0.29) is 5.91 Å². The fourth-order valence-corrected chi connectivity index (χ4v) is 1.83. The Morgan fingerprint density at radius 2 is 2.05 bits per heavy atom. The maximum Gasteiger partial charge on any atom is 0.251 e. The van der Waals surface area contributed by atoms with Crippen molar-refractivity contribution in [2.24, 2.45) is 0 Å². The summed E-state index contributed by atoms with van der Waals surface area (Å²) < 4.78 is 0. The zero-order chi connectivity index (χ0) is 13.8. The number of pyridine rings is 1. The Morgan fingerprint density at radius 1 is 1.26 bits per heavy atom. The standard InChI is InChI=1S/C16H16N2O/c1-11(2)8-12(3)16(19)18-15-5-4-13-6-7-17-10-14(13)9-15/h4-10H,1H2,2-3H3,(H,18,19)/b12-8+. The highest BCUT2D eigenvalue weighted by atomic mass is 16.1. The zero-order valence-corrected chi connectivity index (χ0v) is 11.1. The molecule has 0 spiro atoms. The lowest BCUT2D eigenvalue weighted by atomic mass is 10.1. The van der Waals surface area contributed by atoms with Crippen LogP contribution in [0.4, 0.5) is 5.69 Å². The highest BCUT2D eigenvalue weighted by Gasteiger charge is 2.05. The van der Waals surface area contributed by atoms with Crippen LogP contribution in [0.5, 0.6) is 0 Å². The lowest BCUT2D eigenvalue weighted by Crippen LogP contribution is -2.12. The molecule has 0 unspecified atom stereocenters. The van der Waals surface area contributed by atoms with Gasteiger partial charge in [0, 0.05) is 29.0 Å². The third kappa shape index (κ3) is 3.28. The second-order valence-corrected chi connectivity index (χ2v) is 4.57. The molecule has 19 heavy (non-hydrogen) atoms. The van der Waals surface area contributed by atoms with Crippen molar-refractivity contribution >= 4 is 22.4 Å². The molecule has 0 saturated heterocycles. The number of benzene rings is 1. The second-order valence-electron chi connectivity index (χ2n) is 4.57. The summed E-state index contributed by atoms with van der Waals surface area (Å²) in [5, 5.41) is 4.96. The van der Waals surface area contributed by atoms with Gasteiger partial charge in [0.05, 0.1) is 0 Å². The molecule has 2 aromatic rings. The Bertz CT molecular complexity index is 671. The van der Waals surface area contributed by atoms with E-state index in [0.29, 0.717) is 5.57 Å². The van der Waals surface area contributed by atoms with Crippen molar-refractivity contribution in [3.05, 3.63) is 60.5 Å². The molecule has 1 amide bonds. The average molecular weight is 252 g/mol. The Morgan fingerprint density at radius 3 is 2.79 bits per heavy atom. The first kappa shape index (κ1) is 13.0. The van der Waals surface area contributed by atoms with E-state index in [4.69, 9.17) is 0 Å². The van der Waals surface area contributed by atoms with Crippen LogP contribution in [0, 0.1) is 0 Å². The van der Waals surface area contributed by atoms with E-state index >= 15 is 0 Å². The van der Waals surface area contributed by atoms with Gasteiger partial charge in [-0.05, 0) is 37.4 Å². The summed E-state index contributed by atoms with van der Waals surface area (Å²) in [5.41, 5.74) is 2.26. The SMILES string of the molecule is C=C(C)/C=C(\C)C(=O)Nc1ccc2ccncc2c1. The van der Waals surface area contributed by atoms with E-state index in [1.807, 2.05) is 31.2 Å². The maximum absolute atomic E-state index is 11.9. The molecule has 0 atom stereocenters. The lowest BCUT2D eigenvalue weighted by molar-refractivity contribution is -0.112. The van der Waals surface area contributed by atoms with Crippen molar-refractivity contribution < 1.29 is 4.79 Å². The fraction of sp³-hybridized carbons (Fsp3) is 0.125. The molecule has 2 rings (SSSR count). The molecular weight excluding hydrogens is 236 g/mol. The minimum Gasteiger partial charge on any atom is -0.322 e. The second kappa shape index (κ2) is 5.48. The van der Waals surface area contributed by atoms with Gasteiger partial charge >= 0.3 is 0 Å². The van der Waals surface area contributed by atoms with Crippen LogP contribution in [0.15, 0.2) is 60.5 Å². The summed E-state index contributed by atoms with van der Waals surface area (Å²) in [4.78, 5) is 16.0. The molecule has 1 heterocycles. The van der Waals surface area contributed by atoms with E-state index in [1.54, 1.807) is 25.4 Å². The Hall–Kier alpha value is -2.42. The maximum atomic E-state index is 11.9. The summed E-state index contributed by atoms with van der Waals surface area (Å²) in [5.74, 6) is -0.119. The van der Waals surface area contributed by atoms with Gasteiger partial charge in [-0.2, -0.15) is 0 Å². The van der Waals surface area contributed by atoms with Crippen LogP contribution in [-0.2, 0) is 4.79 Å². The summed E-state index contributed by atoms with van der Waals surface area (Å²) in [6, 6.07) is 7.69. The summed E-state index contributed by atoms with van der Waals surface area (Å²) in [7, 11) is 0.